The molecule has 0 bridgehead atoms. The summed E-state index contributed by atoms with van der Waals surface area (Å²) >= 11 is 0. The predicted octanol–water partition coefficient (Wildman–Crippen LogP) is 3.61. The molecule has 1 aliphatic heterocycles. The number of nitrogens with zero attached hydrogens (tertiary/aromatic N) is 5. The van der Waals surface area contributed by atoms with Crippen LogP contribution < -0.4 is 10.8 Å². The molecule has 0 spiro atoms. The van der Waals surface area contributed by atoms with Crippen LogP contribution in [0.5, 0.6) is 0 Å². The summed E-state index contributed by atoms with van der Waals surface area (Å²) in [4.78, 5) is 21.4. The molecule has 4 aromatic rings. The summed E-state index contributed by atoms with van der Waals surface area (Å²) < 4.78 is 19.5. The number of aryl methyl sites for hydroxylation is 1. The van der Waals surface area contributed by atoms with E-state index in [2.05, 4.69) is 31.6 Å². The number of fused-ring (bicyclic) bond motifs is 1. The first-order chi connectivity index (χ1) is 17.7. The Kier molecular flexibility index (Phi) is 6.19. The van der Waals surface area contributed by atoms with Crippen molar-refractivity contribution in [1.29, 1.82) is 0 Å². The lowest BCUT2D eigenvalue weighted by molar-refractivity contribution is 0.00578. The molecule has 38 heavy (non-hydrogen) atoms. The number of carbonyl (C=O) groups is 1. The Balaban J connectivity index is 1.34. The van der Waals surface area contributed by atoms with Crippen molar-refractivity contribution in [2.45, 2.75) is 78.6 Å². The molecule has 0 unspecified atom stereocenters. The molecular formula is C27H33BN6O4. The summed E-state index contributed by atoms with van der Waals surface area (Å²) in [6, 6.07) is 8.04. The van der Waals surface area contributed by atoms with Crippen molar-refractivity contribution in [3.05, 3.63) is 59.6 Å². The minimum atomic E-state index is -0.485. The molecule has 1 amide bonds. The van der Waals surface area contributed by atoms with Gasteiger partial charge in [-0.1, -0.05) is 38.1 Å². The van der Waals surface area contributed by atoms with Gasteiger partial charge < -0.3 is 19.1 Å². The van der Waals surface area contributed by atoms with Crippen LogP contribution in [0.2, 0.25) is 0 Å². The van der Waals surface area contributed by atoms with Crippen molar-refractivity contribution in [3.8, 4) is 11.3 Å². The molecule has 10 nitrogen and oxygen atoms in total. The third kappa shape index (κ3) is 4.72. The molecule has 0 saturated carbocycles. The first-order valence-corrected chi connectivity index (χ1v) is 12.7. The predicted molar refractivity (Wildman–Crippen MR) is 143 cm³/mol. The van der Waals surface area contributed by atoms with Gasteiger partial charge in [-0.05, 0) is 57.9 Å². The molecule has 1 N–H and O–H groups in total. The van der Waals surface area contributed by atoms with Gasteiger partial charge in [0, 0.05) is 29.2 Å². The lowest BCUT2D eigenvalue weighted by atomic mass is 9.81. The van der Waals surface area contributed by atoms with Crippen LogP contribution in [0, 0.1) is 6.92 Å². The first-order valence-electron chi connectivity index (χ1n) is 12.7. The zero-order valence-electron chi connectivity index (χ0n) is 23.1. The number of hydrogen-bond donors (Lipinski definition) is 1. The number of carbonyl (C=O) groups excluding carboxylic acids is 1. The molecule has 0 radical (unpaired) electrons. The Bertz CT molecular complexity index is 1500. The second-order valence-electron chi connectivity index (χ2n) is 11.8. The molecule has 11 heteroatoms. The summed E-state index contributed by atoms with van der Waals surface area (Å²) in [6.07, 6.45) is 3.46. The lowest BCUT2D eigenvalue weighted by Gasteiger charge is -2.32. The Labute approximate surface area is 222 Å². The van der Waals surface area contributed by atoms with Crippen molar-refractivity contribution < 1.29 is 18.6 Å². The Morgan fingerprint density at radius 2 is 1.82 bits per heavy atom. The average Bonchev–Trinajstić information content (AvgIpc) is 3.54. The molecule has 3 aromatic heterocycles. The van der Waals surface area contributed by atoms with E-state index in [0.717, 1.165) is 33.4 Å². The van der Waals surface area contributed by atoms with Crippen molar-refractivity contribution in [3.63, 3.8) is 0 Å². The molecule has 1 saturated heterocycles. The van der Waals surface area contributed by atoms with Crippen LogP contribution in [-0.4, -0.2) is 49.0 Å². The summed E-state index contributed by atoms with van der Waals surface area (Å²) in [7, 11) is -0.485. The molecule has 5 rings (SSSR count). The van der Waals surface area contributed by atoms with Gasteiger partial charge in [0.25, 0.3) is 11.7 Å². The normalized spacial score (nSPS) is 16.8. The topological polar surface area (TPSA) is 117 Å². The van der Waals surface area contributed by atoms with E-state index in [9.17, 15) is 4.79 Å². The van der Waals surface area contributed by atoms with Crippen LogP contribution >= 0.6 is 0 Å². The Morgan fingerprint density at radius 3 is 2.45 bits per heavy atom. The first kappa shape index (κ1) is 26.1. The van der Waals surface area contributed by atoms with Crippen LogP contribution in [0.25, 0.3) is 16.8 Å². The third-order valence-corrected chi connectivity index (χ3v) is 7.28. The third-order valence-electron chi connectivity index (χ3n) is 7.28. The smallest absolute Gasteiger partial charge is 0.399 e. The van der Waals surface area contributed by atoms with Crippen molar-refractivity contribution in [1.82, 2.24) is 30.1 Å². The van der Waals surface area contributed by atoms with Crippen LogP contribution in [0.4, 0.5) is 0 Å². The molecule has 1 aliphatic rings. The average molecular weight is 516 g/mol. The lowest BCUT2D eigenvalue weighted by Crippen LogP contribution is -2.41. The molecule has 1 fully saturated rings. The van der Waals surface area contributed by atoms with Gasteiger partial charge in [-0.15, -0.1) is 0 Å². The quantitative estimate of drug-likeness (QED) is 0.400. The summed E-state index contributed by atoms with van der Waals surface area (Å²) in [6.45, 7) is 16.3. The van der Waals surface area contributed by atoms with Gasteiger partial charge >= 0.3 is 7.12 Å². The number of nitrogens with one attached hydrogen (secondary N) is 1. The maximum absolute atomic E-state index is 12.6. The largest absolute Gasteiger partial charge is 0.496 e. The summed E-state index contributed by atoms with van der Waals surface area (Å²) in [5, 5.41) is 11.1. The van der Waals surface area contributed by atoms with Gasteiger partial charge in [0.2, 0.25) is 5.89 Å². The van der Waals surface area contributed by atoms with Crippen LogP contribution in [0.1, 0.15) is 76.1 Å². The Morgan fingerprint density at radius 1 is 1.11 bits per heavy atom. The van der Waals surface area contributed by atoms with Crippen LogP contribution in [0.15, 0.2) is 41.3 Å². The fourth-order valence-corrected chi connectivity index (χ4v) is 4.20. The van der Waals surface area contributed by atoms with E-state index >= 15 is 0 Å². The number of amides is 1. The highest BCUT2D eigenvalue weighted by Gasteiger charge is 2.52. The molecule has 1 aromatic carbocycles. The standard InChI is InChI=1S/C27H33BN6O4/c1-16-11-17(9-10-18(16)13-29-23(35)22-32-24(36-33-22)25(2,3)4)21-20-12-19(14-34(20)31-15-30-21)28-37-26(5,6)27(7,8)38-28/h9-12,14-15H,13H2,1-8H3,(H,29,35). The van der Waals surface area contributed by atoms with Crippen molar-refractivity contribution in [2.75, 3.05) is 0 Å². The van der Waals surface area contributed by atoms with Crippen LogP contribution in [-0.2, 0) is 21.3 Å². The Hall–Kier alpha value is -3.57. The van der Waals surface area contributed by atoms with Gasteiger partial charge in [-0.3, -0.25) is 4.79 Å². The fourth-order valence-electron chi connectivity index (χ4n) is 4.20. The van der Waals surface area contributed by atoms with Gasteiger partial charge in [0.05, 0.1) is 22.4 Å². The zero-order chi connectivity index (χ0) is 27.5. The van der Waals surface area contributed by atoms with E-state index in [-0.39, 0.29) is 17.1 Å². The zero-order valence-corrected chi connectivity index (χ0v) is 23.1. The van der Waals surface area contributed by atoms with E-state index in [1.165, 1.54) is 6.33 Å². The molecule has 4 heterocycles. The monoisotopic (exact) mass is 516 g/mol. The van der Waals surface area contributed by atoms with E-state index in [1.807, 2.05) is 79.8 Å². The number of rotatable bonds is 5. The molecule has 0 aliphatic carbocycles. The van der Waals surface area contributed by atoms with Crippen molar-refractivity contribution >= 4 is 24.0 Å². The van der Waals surface area contributed by atoms with E-state index < -0.39 is 18.3 Å². The highest BCUT2D eigenvalue weighted by Crippen LogP contribution is 2.36. The summed E-state index contributed by atoms with van der Waals surface area (Å²) in [5.41, 5.74) is 4.28. The van der Waals surface area contributed by atoms with Gasteiger partial charge in [0.1, 0.15) is 6.33 Å². The SMILES string of the molecule is Cc1cc(-c2ncnn3cc(B4OC(C)(C)C(C)(C)O4)cc23)ccc1CNC(=O)c1noc(C(C)(C)C)n1. The number of benzene rings is 1. The second-order valence-corrected chi connectivity index (χ2v) is 11.8. The van der Waals surface area contributed by atoms with Gasteiger partial charge in [0.15, 0.2) is 0 Å². The van der Waals surface area contributed by atoms with E-state index in [1.54, 1.807) is 4.52 Å². The number of hydrogen-bond acceptors (Lipinski definition) is 8. The highest BCUT2D eigenvalue weighted by atomic mass is 16.7. The maximum atomic E-state index is 12.6. The van der Waals surface area contributed by atoms with Gasteiger partial charge in [-0.2, -0.15) is 10.1 Å². The van der Waals surface area contributed by atoms with E-state index in [0.29, 0.717) is 12.4 Å². The van der Waals surface area contributed by atoms with E-state index in [4.69, 9.17) is 13.8 Å². The fraction of sp³-hybridized carbons (Fsp3) is 0.444. The van der Waals surface area contributed by atoms with Gasteiger partial charge in [-0.25, -0.2) is 9.50 Å². The maximum Gasteiger partial charge on any atom is 0.496 e. The van der Waals surface area contributed by atoms with Crippen molar-refractivity contribution in [2.24, 2.45) is 0 Å². The minimum Gasteiger partial charge on any atom is -0.399 e. The molecular weight excluding hydrogens is 483 g/mol. The highest BCUT2D eigenvalue weighted by molar-refractivity contribution is 6.62. The number of aromatic nitrogens is 5. The summed E-state index contributed by atoms with van der Waals surface area (Å²) in [5.74, 6) is 0.0682. The molecule has 0 atom stereocenters. The minimum absolute atomic E-state index is 0.0265. The molecule has 198 valence electrons. The van der Waals surface area contributed by atoms with Crippen LogP contribution in [0.3, 0.4) is 0 Å². The second kappa shape index (κ2) is 9.02.